The van der Waals surface area contributed by atoms with Gasteiger partial charge in [-0.1, -0.05) is 59.6 Å². The summed E-state index contributed by atoms with van der Waals surface area (Å²) < 4.78 is 2.00. The van der Waals surface area contributed by atoms with Gasteiger partial charge in [0.05, 0.1) is 22.5 Å². The van der Waals surface area contributed by atoms with Crippen LogP contribution in [0, 0.1) is 0 Å². The molecule has 3 aliphatic rings. The van der Waals surface area contributed by atoms with Crippen molar-refractivity contribution in [1.82, 2.24) is 0 Å². The first-order valence-electron chi connectivity index (χ1n) is 10.4. The molecule has 6 heteroatoms. The molecule has 2 N–H and O–H groups in total. The zero-order chi connectivity index (χ0) is 23.0. The number of nitrogens with zero attached hydrogens (tertiary/aromatic N) is 1. The number of hydrogen-bond donors (Lipinski definition) is 2. The lowest BCUT2D eigenvalue weighted by Crippen LogP contribution is -2.28. The fraction of sp³-hybridized carbons (Fsp3) is 0.231. The van der Waals surface area contributed by atoms with Gasteiger partial charge in [-0.3, -0.25) is 9.79 Å². The van der Waals surface area contributed by atoms with Gasteiger partial charge in [0, 0.05) is 31.2 Å². The Balaban J connectivity index is 1.49. The van der Waals surface area contributed by atoms with Gasteiger partial charge >= 0.3 is 0 Å². The summed E-state index contributed by atoms with van der Waals surface area (Å²) in [6, 6.07) is 12.1. The van der Waals surface area contributed by atoms with Crippen molar-refractivity contribution in [3.63, 3.8) is 0 Å². The van der Waals surface area contributed by atoms with Crippen molar-refractivity contribution in [2.75, 3.05) is 5.32 Å². The van der Waals surface area contributed by atoms with Crippen molar-refractivity contribution in [2.45, 2.75) is 38.5 Å². The van der Waals surface area contributed by atoms with E-state index in [1.54, 1.807) is 12.2 Å². The zero-order valence-corrected chi connectivity index (χ0v) is 21.3. The highest BCUT2D eigenvalue weighted by atomic mass is 79.9. The van der Waals surface area contributed by atoms with Gasteiger partial charge in [-0.15, -0.1) is 0 Å². The zero-order valence-electron chi connectivity index (χ0n) is 18.2. The highest BCUT2D eigenvalue weighted by Gasteiger charge is 2.40. The molecular formula is C26H22Br2N2O2. The Morgan fingerprint density at radius 3 is 2.28 bits per heavy atom. The quantitative estimate of drug-likeness (QED) is 0.387. The predicted octanol–water partition coefficient (Wildman–Crippen LogP) is 7.18. The highest BCUT2D eigenvalue weighted by molar-refractivity contribution is 9.10. The van der Waals surface area contributed by atoms with Crippen molar-refractivity contribution in [3.8, 4) is 0 Å². The topological polar surface area (TPSA) is 61.7 Å². The highest BCUT2D eigenvalue weighted by Crippen LogP contribution is 2.46. The number of aliphatic hydroxyl groups is 1. The summed E-state index contributed by atoms with van der Waals surface area (Å²) in [5.74, 6) is -0.145. The number of nitrogens with one attached hydrogen (secondary N) is 1. The summed E-state index contributed by atoms with van der Waals surface area (Å²) in [5, 5.41) is 14.2. The summed E-state index contributed by atoms with van der Waals surface area (Å²) >= 11 is 7.05. The second-order valence-corrected chi connectivity index (χ2v) is 11.3. The summed E-state index contributed by atoms with van der Waals surface area (Å²) in [7, 11) is 0. The Kier molecular flexibility index (Phi) is 4.70. The molecule has 2 aromatic carbocycles. The summed E-state index contributed by atoms with van der Waals surface area (Å²) in [6.45, 7) is 8.36. The maximum Gasteiger partial charge on any atom is 0.200 e. The van der Waals surface area contributed by atoms with Crippen LogP contribution in [0.4, 0.5) is 11.4 Å². The van der Waals surface area contributed by atoms with Gasteiger partial charge in [0.2, 0.25) is 5.78 Å². The minimum Gasteiger partial charge on any atom is -0.506 e. The Labute approximate surface area is 204 Å². The van der Waals surface area contributed by atoms with Crippen LogP contribution in [0.5, 0.6) is 0 Å². The minimum absolute atomic E-state index is 0.0212. The maximum absolute atomic E-state index is 13.0. The first-order chi connectivity index (χ1) is 15.0. The Morgan fingerprint density at radius 2 is 1.59 bits per heavy atom. The standard InChI is InChI=1S/C26H22Br2N2O2/c1-25(2)17-9-13(27)5-7-19(17)29-21(25)11-15-23(31)16(24(15)32)12-22-26(3,4)18-10-14(28)6-8-20(18)30-22/h5-12,29,31H,1-4H3. The normalized spacial score (nSPS) is 22.6. The van der Waals surface area contributed by atoms with E-state index in [9.17, 15) is 9.90 Å². The molecule has 0 unspecified atom stereocenters. The number of carbonyl (C=O) groups excluding carboxylic acids is 1. The van der Waals surface area contributed by atoms with E-state index in [1.807, 2.05) is 24.3 Å². The SMILES string of the molecule is CC1(C)C(C=C2C(=O)C(C=C3Nc4ccc(Br)cc4C3(C)C)=C2O)=Nc2ccc(Br)cc21. The third kappa shape index (κ3) is 3.07. The fourth-order valence-electron chi connectivity index (χ4n) is 4.52. The molecule has 0 saturated heterocycles. The number of rotatable bonds is 2. The lowest BCUT2D eigenvalue weighted by Gasteiger charge is -2.25. The summed E-state index contributed by atoms with van der Waals surface area (Å²) in [5.41, 5.74) is 5.77. The Morgan fingerprint density at radius 1 is 0.938 bits per heavy atom. The number of carbonyl (C=O) groups is 1. The van der Waals surface area contributed by atoms with Crippen LogP contribution in [0.25, 0.3) is 0 Å². The second kappa shape index (κ2) is 7.03. The lowest BCUT2D eigenvalue weighted by molar-refractivity contribution is -0.113. The van der Waals surface area contributed by atoms with E-state index < -0.39 is 0 Å². The molecule has 1 aliphatic carbocycles. The largest absolute Gasteiger partial charge is 0.506 e. The first kappa shape index (κ1) is 21.4. The van der Waals surface area contributed by atoms with E-state index >= 15 is 0 Å². The van der Waals surface area contributed by atoms with Crippen molar-refractivity contribution < 1.29 is 9.90 Å². The van der Waals surface area contributed by atoms with Gasteiger partial charge in [-0.25, -0.2) is 0 Å². The summed E-state index contributed by atoms with van der Waals surface area (Å²) in [6.07, 6.45) is 3.50. The molecule has 0 saturated carbocycles. The van der Waals surface area contributed by atoms with Gasteiger partial charge in [0.15, 0.2) is 0 Å². The van der Waals surface area contributed by atoms with Crippen LogP contribution < -0.4 is 5.32 Å². The van der Waals surface area contributed by atoms with Gasteiger partial charge in [0.1, 0.15) is 5.76 Å². The molecule has 2 aliphatic heterocycles. The van der Waals surface area contributed by atoms with Gasteiger partial charge in [-0.2, -0.15) is 0 Å². The third-order valence-corrected chi connectivity index (χ3v) is 7.67. The molecule has 0 amide bonds. The average Bonchev–Trinajstić information content (AvgIpc) is 3.13. The van der Waals surface area contributed by atoms with E-state index in [-0.39, 0.29) is 22.4 Å². The number of anilines is 1. The number of Topliss-reactive ketones (excluding diaryl/α,β-unsaturated/α-hetero) is 1. The number of fused-ring (bicyclic) bond motifs is 2. The van der Waals surface area contributed by atoms with Crippen LogP contribution in [0.2, 0.25) is 0 Å². The van der Waals surface area contributed by atoms with Crippen LogP contribution in [-0.4, -0.2) is 16.6 Å². The molecule has 162 valence electrons. The number of aliphatic hydroxyl groups excluding tert-OH is 1. The second-order valence-electron chi connectivity index (χ2n) is 9.43. The monoisotopic (exact) mass is 552 g/mol. The van der Waals surface area contributed by atoms with Gasteiger partial charge < -0.3 is 10.4 Å². The van der Waals surface area contributed by atoms with Crippen molar-refractivity contribution >= 4 is 54.7 Å². The Bertz CT molecular complexity index is 1340. The molecule has 0 fully saturated rings. The molecule has 2 aromatic rings. The van der Waals surface area contributed by atoms with Crippen LogP contribution in [0.15, 0.2) is 85.1 Å². The fourth-order valence-corrected chi connectivity index (χ4v) is 5.25. The molecule has 0 atom stereocenters. The molecular weight excluding hydrogens is 532 g/mol. The molecule has 5 rings (SSSR count). The van der Waals surface area contributed by atoms with E-state index in [2.05, 4.69) is 77.0 Å². The molecule has 32 heavy (non-hydrogen) atoms. The number of benzene rings is 2. The molecule has 0 radical (unpaired) electrons. The van der Waals surface area contributed by atoms with Crippen molar-refractivity contribution in [2.24, 2.45) is 4.99 Å². The summed E-state index contributed by atoms with van der Waals surface area (Å²) in [4.78, 5) is 17.7. The first-order valence-corrected chi connectivity index (χ1v) is 12.0. The van der Waals surface area contributed by atoms with Crippen molar-refractivity contribution in [1.29, 1.82) is 0 Å². The predicted molar refractivity (Wildman–Crippen MR) is 136 cm³/mol. The van der Waals surface area contributed by atoms with Crippen LogP contribution in [0.1, 0.15) is 38.8 Å². The molecule has 4 nitrogen and oxygen atoms in total. The number of ketones is 1. The van der Waals surface area contributed by atoms with E-state index in [1.165, 1.54) is 0 Å². The number of halogens is 2. The smallest absolute Gasteiger partial charge is 0.200 e. The van der Waals surface area contributed by atoms with E-state index in [4.69, 9.17) is 4.99 Å². The van der Waals surface area contributed by atoms with Crippen LogP contribution in [-0.2, 0) is 15.6 Å². The lowest BCUT2D eigenvalue weighted by atomic mass is 9.77. The van der Waals surface area contributed by atoms with Gasteiger partial charge in [-0.05, 0) is 59.7 Å². The van der Waals surface area contributed by atoms with Crippen molar-refractivity contribution in [3.05, 3.63) is 91.2 Å². The molecule has 0 aromatic heterocycles. The van der Waals surface area contributed by atoms with Crippen LogP contribution in [0.3, 0.4) is 0 Å². The minimum atomic E-state index is -0.356. The number of allylic oxidation sites excluding steroid dienone is 5. The van der Waals surface area contributed by atoms with E-state index in [0.29, 0.717) is 11.1 Å². The number of hydrogen-bond acceptors (Lipinski definition) is 4. The average molecular weight is 554 g/mol. The van der Waals surface area contributed by atoms with Crippen LogP contribution >= 0.6 is 31.9 Å². The molecule has 0 spiro atoms. The third-order valence-electron chi connectivity index (χ3n) is 6.68. The number of aliphatic imine (C=N–C) groups is 1. The molecule has 0 bridgehead atoms. The van der Waals surface area contributed by atoms with Gasteiger partial charge in [0.25, 0.3) is 0 Å². The Hall–Kier alpha value is -2.44. The molecule has 2 heterocycles. The maximum atomic E-state index is 13.0. The van der Waals surface area contributed by atoms with E-state index in [0.717, 1.165) is 42.9 Å².